The van der Waals surface area contributed by atoms with Crippen molar-refractivity contribution in [1.82, 2.24) is 0 Å². The molecular formula is C12H16O2. The highest BCUT2D eigenvalue weighted by Gasteiger charge is 2.12. The van der Waals surface area contributed by atoms with Crippen molar-refractivity contribution in [1.29, 1.82) is 0 Å². The van der Waals surface area contributed by atoms with Gasteiger partial charge in [-0.1, -0.05) is 19.4 Å². The van der Waals surface area contributed by atoms with Crippen molar-refractivity contribution in [3.05, 3.63) is 23.8 Å². The highest BCUT2D eigenvalue weighted by Crippen LogP contribution is 2.29. The van der Waals surface area contributed by atoms with Gasteiger partial charge in [0.2, 0.25) is 0 Å². The lowest BCUT2D eigenvalue weighted by Crippen LogP contribution is -1.96. The molecule has 1 heterocycles. The van der Waals surface area contributed by atoms with E-state index in [1.807, 2.05) is 12.1 Å². The maximum absolute atomic E-state index is 5.59. The smallest absolute Gasteiger partial charge is 0.126 e. The molecule has 0 radical (unpaired) electrons. The molecule has 2 rings (SSSR count). The van der Waals surface area contributed by atoms with Gasteiger partial charge in [-0.05, 0) is 18.1 Å². The topological polar surface area (TPSA) is 18.5 Å². The molecule has 0 aromatic heterocycles. The Balaban J connectivity index is 1.98. The molecule has 0 unspecified atom stereocenters. The van der Waals surface area contributed by atoms with Gasteiger partial charge in [0.05, 0.1) is 13.2 Å². The third kappa shape index (κ3) is 2.00. The molecule has 0 saturated heterocycles. The lowest BCUT2D eigenvalue weighted by Gasteiger charge is -2.06. The second kappa shape index (κ2) is 4.36. The van der Waals surface area contributed by atoms with Crippen molar-refractivity contribution in [2.45, 2.75) is 26.2 Å². The Kier molecular flexibility index (Phi) is 2.92. The van der Waals surface area contributed by atoms with Crippen molar-refractivity contribution < 1.29 is 9.47 Å². The summed E-state index contributed by atoms with van der Waals surface area (Å²) in [4.78, 5) is 0. The number of fused-ring (bicyclic) bond motifs is 1. The summed E-state index contributed by atoms with van der Waals surface area (Å²) in [7, 11) is 0. The van der Waals surface area contributed by atoms with Crippen LogP contribution in [0.25, 0.3) is 0 Å². The molecule has 0 aliphatic carbocycles. The van der Waals surface area contributed by atoms with Crippen LogP contribution >= 0.6 is 0 Å². The minimum Gasteiger partial charge on any atom is -0.493 e. The zero-order valence-corrected chi connectivity index (χ0v) is 8.58. The molecule has 14 heavy (non-hydrogen) atoms. The summed E-state index contributed by atoms with van der Waals surface area (Å²) in [6, 6.07) is 6.13. The first-order valence-electron chi connectivity index (χ1n) is 5.28. The van der Waals surface area contributed by atoms with E-state index >= 15 is 0 Å². The van der Waals surface area contributed by atoms with Gasteiger partial charge in [-0.15, -0.1) is 0 Å². The fraction of sp³-hybridized carbons (Fsp3) is 0.500. The van der Waals surface area contributed by atoms with E-state index in [1.165, 1.54) is 12.0 Å². The van der Waals surface area contributed by atoms with Crippen LogP contribution < -0.4 is 9.47 Å². The van der Waals surface area contributed by atoms with Gasteiger partial charge in [-0.3, -0.25) is 0 Å². The van der Waals surface area contributed by atoms with E-state index in [4.69, 9.17) is 9.47 Å². The molecule has 0 bridgehead atoms. The Morgan fingerprint density at radius 2 is 2.36 bits per heavy atom. The van der Waals surface area contributed by atoms with Crippen molar-refractivity contribution in [3.63, 3.8) is 0 Å². The first kappa shape index (κ1) is 9.38. The molecule has 1 aliphatic heterocycles. The SMILES string of the molecule is CCCCOc1ccc2c(c1)OCC2. The van der Waals surface area contributed by atoms with Crippen LogP contribution in [0.5, 0.6) is 11.5 Å². The van der Waals surface area contributed by atoms with Crippen molar-refractivity contribution in [2.24, 2.45) is 0 Å². The monoisotopic (exact) mass is 192 g/mol. The molecule has 0 saturated carbocycles. The van der Waals surface area contributed by atoms with Crippen LogP contribution in [0.2, 0.25) is 0 Å². The zero-order valence-electron chi connectivity index (χ0n) is 8.58. The summed E-state index contributed by atoms with van der Waals surface area (Å²) in [5.74, 6) is 1.93. The van der Waals surface area contributed by atoms with Crippen LogP contribution in [0, 0.1) is 0 Å². The first-order chi connectivity index (χ1) is 6.90. The van der Waals surface area contributed by atoms with Crippen LogP contribution in [0.1, 0.15) is 25.3 Å². The highest BCUT2D eigenvalue weighted by atomic mass is 16.5. The van der Waals surface area contributed by atoms with Gasteiger partial charge in [0, 0.05) is 12.5 Å². The molecule has 2 nitrogen and oxygen atoms in total. The van der Waals surface area contributed by atoms with E-state index in [0.29, 0.717) is 0 Å². The summed E-state index contributed by atoms with van der Waals surface area (Å²) >= 11 is 0. The van der Waals surface area contributed by atoms with Crippen molar-refractivity contribution in [3.8, 4) is 11.5 Å². The molecule has 0 spiro atoms. The average Bonchev–Trinajstić information content (AvgIpc) is 2.65. The molecule has 1 aromatic carbocycles. The van der Waals surface area contributed by atoms with Crippen LogP contribution in [0.3, 0.4) is 0 Å². The molecule has 76 valence electrons. The van der Waals surface area contributed by atoms with Crippen LogP contribution in [0.15, 0.2) is 18.2 Å². The van der Waals surface area contributed by atoms with Gasteiger partial charge in [0.1, 0.15) is 11.5 Å². The summed E-state index contributed by atoms with van der Waals surface area (Å²) in [6.07, 6.45) is 3.31. The van der Waals surface area contributed by atoms with E-state index in [-0.39, 0.29) is 0 Å². The third-order valence-corrected chi connectivity index (χ3v) is 2.43. The van der Waals surface area contributed by atoms with E-state index in [0.717, 1.165) is 37.6 Å². The Bertz CT molecular complexity index is 307. The molecule has 0 fully saturated rings. The standard InChI is InChI=1S/C12H16O2/c1-2-3-7-13-11-5-4-10-6-8-14-12(10)9-11/h4-5,9H,2-3,6-8H2,1H3. The molecule has 0 amide bonds. The molecule has 0 atom stereocenters. The highest BCUT2D eigenvalue weighted by molar-refractivity contribution is 5.42. The maximum Gasteiger partial charge on any atom is 0.126 e. The molecule has 1 aliphatic rings. The van der Waals surface area contributed by atoms with Gasteiger partial charge in [0.25, 0.3) is 0 Å². The first-order valence-corrected chi connectivity index (χ1v) is 5.28. The van der Waals surface area contributed by atoms with Crippen molar-refractivity contribution >= 4 is 0 Å². The third-order valence-electron chi connectivity index (χ3n) is 2.43. The quantitative estimate of drug-likeness (QED) is 0.683. The average molecular weight is 192 g/mol. The van der Waals surface area contributed by atoms with Gasteiger partial charge >= 0.3 is 0 Å². The maximum atomic E-state index is 5.59. The Morgan fingerprint density at radius 3 is 3.21 bits per heavy atom. The van der Waals surface area contributed by atoms with E-state index in [2.05, 4.69) is 13.0 Å². The number of benzene rings is 1. The number of rotatable bonds is 4. The van der Waals surface area contributed by atoms with Crippen LogP contribution in [-0.4, -0.2) is 13.2 Å². The predicted octanol–water partition coefficient (Wildman–Crippen LogP) is 2.80. The summed E-state index contributed by atoms with van der Waals surface area (Å²) in [6.45, 7) is 3.78. The number of ether oxygens (including phenoxy) is 2. The zero-order chi connectivity index (χ0) is 9.80. The minimum absolute atomic E-state index is 0.801. The number of unbranched alkanes of at least 4 members (excludes halogenated alkanes) is 1. The molecule has 2 heteroatoms. The van der Waals surface area contributed by atoms with Gasteiger partial charge in [0.15, 0.2) is 0 Å². The predicted molar refractivity (Wildman–Crippen MR) is 56.0 cm³/mol. The largest absolute Gasteiger partial charge is 0.493 e. The van der Waals surface area contributed by atoms with E-state index in [9.17, 15) is 0 Å². The van der Waals surface area contributed by atoms with E-state index < -0.39 is 0 Å². The Hall–Kier alpha value is -1.18. The summed E-state index contributed by atoms with van der Waals surface area (Å²) in [5.41, 5.74) is 1.30. The number of hydrogen-bond donors (Lipinski definition) is 0. The minimum atomic E-state index is 0.801. The Labute approximate surface area is 84.8 Å². The van der Waals surface area contributed by atoms with Crippen LogP contribution in [0.4, 0.5) is 0 Å². The molecule has 1 aromatic rings. The van der Waals surface area contributed by atoms with Gasteiger partial charge in [-0.25, -0.2) is 0 Å². The van der Waals surface area contributed by atoms with Crippen LogP contribution in [-0.2, 0) is 6.42 Å². The normalized spacial score (nSPS) is 13.5. The van der Waals surface area contributed by atoms with E-state index in [1.54, 1.807) is 0 Å². The van der Waals surface area contributed by atoms with Crippen molar-refractivity contribution in [2.75, 3.05) is 13.2 Å². The Morgan fingerprint density at radius 1 is 1.43 bits per heavy atom. The summed E-state index contributed by atoms with van der Waals surface area (Å²) in [5, 5.41) is 0. The second-order valence-electron chi connectivity index (χ2n) is 3.57. The fourth-order valence-electron chi connectivity index (χ4n) is 1.57. The van der Waals surface area contributed by atoms with Gasteiger partial charge in [-0.2, -0.15) is 0 Å². The van der Waals surface area contributed by atoms with Gasteiger partial charge < -0.3 is 9.47 Å². The second-order valence-corrected chi connectivity index (χ2v) is 3.57. The lowest BCUT2D eigenvalue weighted by atomic mass is 10.2. The summed E-state index contributed by atoms with van der Waals surface area (Å²) < 4.78 is 11.1. The number of hydrogen-bond acceptors (Lipinski definition) is 2. The molecule has 0 N–H and O–H groups in total. The molecular weight excluding hydrogens is 176 g/mol. The lowest BCUT2D eigenvalue weighted by molar-refractivity contribution is 0.305. The fourth-order valence-corrected chi connectivity index (χ4v) is 1.57.